The van der Waals surface area contributed by atoms with E-state index in [1.165, 1.54) is 18.4 Å². The molecular formula is C27H32N2O3. The van der Waals surface area contributed by atoms with Crippen molar-refractivity contribution in [2.75, 3.05) is 13.1 Å². The molecule has 32 heavy (non-hydrogen) atoms. The van der Waals surface area contributed by atoms with Crippen LogP contribution in [0.15, 0.2) is 23.3 Å². The Morgan fingerprint density at radius 1 is 1.09 bits per heavy atom. The Balaban J connectivity index is 1.34. The van der Waals surface area contributed by atoms with Crippen LogP contribution >= 0.6 is 0 Å². The van der Waals surface area contributed by atoms with E-state index in [1.54, 1.807) is 0 Å². The van der Waals surface area contributed by atoms with E-state index < -0.39 is 0 Å². The molecule has 7 unspecified atom stereocenters. The molecule has 5 heteroatoms. The zero-order valence-corrected chi connectivity index (χ0v) is 18.7. The van der Waals surface area contributed by atoms with E-state index in [4.69, 9.17) is 0 Å². The van der Waals surface area contributed by atoms with Crippen molar-refractivity contribution in [3.05, 3.63) is 23.3 Å². The quantitative estimate of drug-likeness (QED) is 0.618. The molecule has 1 amide bonds. The largest absolute Gasteiger partial charge is 0.342 e. The number of rotatable bonds is 2. The molecule has 0 N–H and O–H groups in total. The van der Waals surface area contributed by atoms with E-state index in [0.29, 0.717) is 30.6 Å². The number of nitriles is 1. The van der Waals surface area contributed by atoms with Crippen LogP contribution in [0.3, 0.4) is 0 Å². The third-order valence-electron chi connectivity index (χ3n) is 10.1. The lowest BCUT2D eigenvalue weighted by atomic mass is 9.47. The zero-order valence-electron chi connectivity index (χ0n) is 18.7. The molecule has 3 saturated carbocycles. The van der Waals surface area contributed by atoms with E-state index in [1.807, 2.05) is 17.1 Å². The molecule has 5 aliphatic carbocycles. The van der Waals surface area contributed by atoms with Gasteiger partial charge in [0, 0.05) is 37.8 Å². The number of allylic oxidation sites excluding steroid dienone is 4. The second kappa shape index (κ2) is 7.40. The number of hydrogen-bond acceptors (Lipinski definition) is 4. The topological polar surface area (TPSA) is 78.2 Å². The highest BCUT2D eigenvalue weighted by molar-refractivity contribution is 6.00. The van der Waals surface area contributed by atoms with Gasteiger partial charge in [0.25, 0.3) is 0 Å². The molecular weight excluding hydrogens is 400 g/mol. The monoisotopic (exact) mass is 432 g/mol. The fraction of sp³-hybridized carbons (Fsp3) is 0.704. The summed E-state index contributed by atoms with van der Waals surface area (Å²) in [6.45, 7) is 1.74. The third-order valence-corrected chi connectivity index (χ3v) is 10.1. The molecule has 1 saturated heterocycles. The van der Waals surface area contributed by atoms with Gasteiger partial charge in [-0.3, -0.25) is 14.4 Å². The van der Waals surface area contributed by atoms with Crippen LogP contribution in [-0.2, 0) is 14.4 Å². The van der Waals surface area contributed by atoms with Crippen molar-refractivity contribution < 1.29 is 14.4 Å². The van der Waals surface area contributed by atoms with Crippen LogP contribution < -0.4 is 0 Å². The smallest absolute Gasteiger partial charge is 0.224 e. The summed E-state index contributed by atoms with van der Waals surface area (Å²) in [5.74, 6) is 2.17. The molecule has 1 heterocycles. The van der Waals surface area contributed by atoms with Crippen molar-refractivity contribution in [1.82, 2.24) is 4.90 Å². The summed E-state index contributed by atoms with van der Waals surface area (Å²) in [4.78, 5) is 40.1. The molecule has 0 aromatic heterocycles. The Labute approximate surface area is 189 Å². The van der Waals surface area contributed by atoms with Crippen molar-refractivity contribution >= 4 is 17.5 Å². The number of ketones is 2. The molecule has 168 valence electrons. The van der Waals surface area contributed by atoms with Gasteiger partial charge in [0.2, 0.25) is 5.91 Å². The first kappa shape index (κ1) is 20.4. The van der Waals surface area contributed by atoms with Gasteiger partial charge in [0.15, 0.2) is 11.6 Å². The van der Waals surface area contributed by atoms with Crippen LogP contribution in [0, 0.1) is 52.3 Å². The van der Waals surface area contributed by atoms with Crippen LogP contribution in [0.2, 0.25) is 0 Å². The molecule has 4 fully saturated rings. The highest BCUT2D eigenvalue weighted by atomic mass is 16.2. The summed E-state index contributed by atoms with van der Waals surface area (Å²) >= 11 is 0. The van der Waals surface area contributed by atoms with E-state index in [2.05, 4.69) is 6.07 Å². The highest BCUT2D eigenvalue weighted by Crippen LogP contribution is 2.61. The van der Waals surface area contributed by atoms with Gasteiger partial charge in [-0.25, -0.2) is 0 Å². The standard InChI is InChI=1S/C27H32N2O3/c28-14-17-11-20-16(12-23(17)30)4-5-18-19-6-9-27(15-29-10-7-25(29)32)8-2-1-3-22(27)26(19)24(31)13-21(18)20/h11,13,16,18-20,22,26H,1-10,12,15H2. The highest BCUT2D eigenvalue weighted by Gasteiger charge is 2.57. The summed E-state index contributed by atoms with van der Waals surface area (Å²) in [5.41, 5.74) is 1.63. The predicted molar refractivity (Wildman–Crippen MR) is 118 cm³/mol. The number of Topliss-reactive ketones (excluding diaryl/α,β-unsaturated/α-hetero) is 1. The second-order valence-electron chi connectivity index (χ2n) is 11.3. The third kappa shape index (κ3) is 2.91. The normalized spacial score (nSPS) is 43.0. The number of fused-ring (bicyclic) bond motifs is 7. The minimum atomic E-state index is -0.0296. The molecule has 6 aliphatic rings. The summed E-state index contributed by atoms with van der Waals surface area (Å²) in [7, 11) is 0. The van der Waals surface area contributed by atoms with Crippen LogP contribution in [0.5, 0.6) is 0 Å². The van der Waals surface area contributed by atoms with Gasteiger partial charge in [0.05, 0.1) is 5.57 Å². The van der Waals surface area contributed by atoms with Crippen molar-refractivity contribution in [2.45, 2.75) is 64.2 Å². The summed E-state index contributed by atoms with van der Waals surface area (Å²) in [6.07, 6.45) is 13.9. The first-order chi connectivity index (χ1) is 15.5. The summed E-state index contributed by atoms with van der Waals surface area (Å²) < 4.78 is 0. The maximum Gasteiger partial charge on any atom is 0.224 e. The van der Waals surface area contributed by atoms with Crippen LogP contribution in [0.4, 0.5) is 0 Å². The van der Waals surface area contributed by atoms with Crippen molar-refractivity contribution in [1.29, 1.82) is 5.26 Å². The molecule has 0 spiro atoms. The van der Waals surface area contributed by atoms with Gasteiger partial charge < -0.3 is 4.90 Å². The Morgan fingerprint density at radius 3 is 2.72 bits per heavy atom. The van der Waals surface area contributed by atoms with Gasteiger partial charge in [-0.05, 0) is 73.7 Å². The predicted octanol–water partition coefficient (Wildman–Crippen LogP) is 4.00. The van der Waals surface area contributed by atoms with Gasteiger partial charge >= 0.3 is 0 Å². The number of β-lactam (4-membered cyclic amide) rings is 1. The summed E-state index contributed by atoms with van der Waals surface area (Å²) in [5, 5.41) is 9.41. The molecule has 0 aromatic rings. The molecule has 0 bridgehead atoms. The number of carbonyl (C=O) groups excluding carboxylic acids is 3. The maximum absolute atomic E-state index is 13.7. The first-order valence-electron chi connectivity index (χ1n) is 12.7. The van der Waals surface area contributed by atoms with Crippen molar-refractivity contribution in [3.63, 3.8) is 0 Å². The molecule has 6 rings (SSSR count). The lowest BCUT2D eigenvalue weighted by Gasteiger charge is -2.59. The minimum absolute atomic E-state index is 0.0296. The SMILES string of the molecule is N#CC1=CC2C3=CC(=O)C4C(CCC5(CN6CCC6=O)CCCCC45)C3CCC2CC1=O. The molecule has 1 aliphatic heterocycles. The molecule has 5 nitrogen and oxygen atoms in total. The van der Waals surface area contributed by atoms with Crippen molar-refractivity contribution in [2.24, 2.45) is 40.9 Å². The Morgan fingerprint density at radius 2 is 1.97 bits per heavy atom. The van der Waals surface area contributed by atoms with Gasteiger partial charge in [-0.15, -0.1) is 0 Å². The minimum Gasteiger partial charge on any atom is -0.342 e. The van der Waals surface area contributed by atoms with Crippen LogP contribution in [0.1, 0.15) is 64.2 Å². The Hall–Kier alpha value is -2.22. The molecule has 0 aromatic carbocycles. The number of nitrogens with zero attached hydrogens (tertiary/aromatic N) is 2. The fourth-order valence-electron chi connectivity index (χ4n) is 8.55. The molecule has 0 radical (unpaired) electrons. The van der Waals surface area contributed by atoms with Gasteiger partial charge in [-0.2, -0.15) is 5.26 Å². The average Bonchev–Trinajstić information content (AvgIpc) is 2.80. The maximum atomic E-state index is 13.7. The first-order valence-corrected chi connectivity index (χ1v) is 12.7. The van der Waals surface area contributed by atoms with E-state index in [-0.39, 0.29) is 46.2 Å². The van der Waals surface area contributed by atoms with E-state index in [0.717, 1.165) is 51.6 Å². The average molecular weight is 433 g/mol. The molecule has 7 atom stereocenters. The van der Waals surface area contributed by atoms with E-state index in [9.17, 15) is 19.6 Å². The second-order valence-corrected chi connectivity index (χ2v) is 11.3. The number of carbonyl (C=O) groups is 3. The lowest BCUT2D eigenvalue weighted by Crippen LogP contribution is -2.58. The van der Waals surface area contributed by atoms with Crippen molar-refractivity contribution in [3.8, 4) is 6.07 Å². The number of amides is 1. The lowest BCUT2D eigenvalue weighted by molar-refractivity contribution is -0.149. The summed E-state index contributed by atoms with van der Waals surface area (Å²) in [6, 6.07) is 2.09. The van der Waals surface area contributed by atoms with Gasteiger partial charge in [-0.1, -0.05) is 24.5 Å². The van der Waals surface area contributed by atoms with E-state index >= 15 is 0 Å². The van der Waals surface area contributed by atoms with Crippen LogP contribution in [0.25, 0.3) is 0 Å². The fourth-order valence-corrected chi connectivity index (χ4v) is 8.55. The Bertz CT molecular complexity index is 987. The Kier molecular flexibility index (Phi) is 4.72. The number of hydrogen-bond donors (Lipinski definition) is 0. The van der Waals surface area contributed by atoms with Gasteiger partial charge in [0.1, 0.15) is 6.07 Å². The zero-order chi connectivity index (χ0) is 22.0. The number of likely N-dealkylation sites (tertiary alicyclic amines) is 1. The van der Waals surface area contributed by atoms with Crippen LogP contribution in [-0.4, -0.2) is 35.5 Å².